The molecule has 0 N–H and O–H groups in total. The molecule has 2 aromatic carbocycles. The monoisotopic (exact) mass is 353 g/mol. The van der Waals surface area contributed by atoms with E-state index in [0.29, 0.717) is 43.0 Å². The number of ether oxygens (including phenoxy) is 3. The second-order valence-electron chi connectivity index (χ2n) is 6.66. The quantitative estimate of drug-likeness (QED) is 0.841. The molecule has 0 aliphatic carbocycles. The third kappa shape index (κ3) is 3.59. The number of carbonyl (C=O) groups is 1. The van der Waals surface area contributed by atoms with Gasteiger partial charge in [0.1, 0.15) is 11.5 Å². The molecule has 5 nitrogen and oxygen atoms in total. The largest absolute Gasteiger partial charge is 0.457 e. The molecule has 2 fully saturated rings. The first-order chi connectivity index (χ1) is 12.8. The van der Waals surface area contributed by atoms with Gasteiger partial charge >= 0.3 is 0 Å². The zero-order valence-electron chi connectivity index (χ0n) is 14.7. The van der Waals surface area contributed by atoms with Crippen LogP contribution in [-0.4, -0.2) is 42.9 Å². The highest BCUT2D eigenvalue weighted by Crippen LogP contribution is 2.32. The Kier molecular flexibility index (Phi) is 4.91. The molecule has 0 aromatic heterocycles. The van der Waals surface area contributed by atoms with Gasteiger partial charge in [0.2, 0.25) is 0 Å². The third-order valence-electron chi connectivity index (χ3n) is 4.92. The van der Waals surface area contributed by atoms with E-state index in [-0.39, 0.29) is 5.91 Å². The van der Waals surface area contributed by atoms with E-state index in [9.17, 15) is 4.79 Å². The van der Waals surface area contributed by atoms with Crippen LogP contribution in [0.1, 0.15) is 29.6 Å². The van der Waals surface area contributed by atoms with Gasteiger partial charge in [-0.3, -0.25) is 4.79 Å². The first-order valence-electron chi connectivity index (χ1n) is 9.15. The first kappa shape index (κ1) is 17.1. The summed E-state index contributed by atoms with van der Waals surface area (Å²) < 4.78 is 17.7. The van der Waals surface area contributed by atoms with Crippen molar-refractivity contribution in [3.63, 3.8) is 0 Å². The van der Waals surface area contributed by atoms with E-state index >= 15 is 0 Å². The number of carbonyl (C=O) groups excluding carboxylic acids is 1. The number of benzene rings is 2. The topological polar surface area (TPSA) is 48.0 Å². The Morgan fingerprint density at radius 1 is 0.923 bits per heavy atom. The summed E-state index contributed by atoms with van der Waals surface area (Å²) in [5.74, 6) is 0.792. The Hall–Kier alpha value is -2.37. The van der Waals surface area contributed by atoms with Gasteiger partial charge in [-0.1, -0.05) is 30.3 Å². The summed E-state index contributed by atoms with van der Waals surface area (Å²) in [5, 5.41) is 0. The van der Waals surface area contributed by atoms with Crippen molar-refractivity contribution in [1.82, 2.24) is 4.90 Å². The lowest BCUT2D eigenvalue weighted by Gasteiger charge is -2.43. The summed E-state index contributed by atoms with van der Waals surface area (Å²) in [4.78, 5) is 14.9. The van der Waals surface area contributed by atoms with Crippen LogP contribution in [0.25, 0.3) is 0 Å². The fraction of sp³-hybridized carbons (Fsp3) is 0.381. The van der Waals surface area contributed by atoms with Crippen LogP contribution >= 0.6 is 0 Å². The summed E-state index contributed by atoms with van der Waals surface area (Å²) >= 11 is 0. The Balaban J connectivity index is 1.47. The van der Waals surface area contributed by atoms with Crippen molar-refractivity contribution >= 4 is 5.91 Å². The molecule has 136 valence electrons. The van der Waals surface area contributed by atoms with Crippen LogP contribution in [0.4, 0.5) is 0 Å². The van der Waals surface area contributed by atoms with Gasteiger partial charge in [-0.2, -0.15) is 0 Å². The van der Waals surface area contributed by atoms with Gasteiger partial charge in [-0.25, -0.2) is 0 Å². The molecule has 4 rings (SSSR count). The van der Waals surface area contributed by atoms with Gasteiger partial charge in [0, 0.05) is 25.9 Å². The zero-order chi connectivity index (χ0) is 17.8. The number of likely N-dealkylation sites (tertiary alicyclic amines) is 1. The van der Waals surface area contributed by atoms with Gasteiger partial charge in [0.25, 0.3) is 5.91 Å². The molecule has 0 radical (unpaired) electrons. The van der Waals surface area contributed by atoms with Crippen LogP contribution in [0.5, 0.6) is 11.5 Å². The average Bonchev–Trinajstić information content (AvgIpc) is 2.70. The Morgan fingerprint density at radius 3 is 2.31 bits per heavy atom. The van der Waals surface area contributed by atoms with Gasteiger partial charge in [0.15, 0.2) is 5.79 Å². The predicted octanol–water partition coefficient (Wildman–Crippen LogP) is 3.85. The minimum absolute atomic E-state index is 0.0119. The second-order valence-corrected chi connectivity index (χ2v) is 6.66. The van der Waals surface area contributed by atoms with Crippen LogP contribution in [-0.2, 0) is 9.47 Å². The summed E-state index contributed by atoms with van der Waals surface area (Å²) in [6, 6.07) is 16.9. The van der Waals surface area contributed by atoms with E-state index in [1.165, 1.54) is 0 Å². The molecule has 2 saturated heterocycles. The van der Waals surface area contributed by atoms with Crippen LogP contribution in [0.2, 0.25) is 0 Å². The molecule has 0 bridgehead atoms. The second kappa shape index (κ2) is 7.48. The Morgan fingerprint density at radius 2 is 1.58 bits per heavy atom. The van der Waals surface area contributed by atoms with Crippen LogP contribution < -0.4 is 4.74 Å². The highest BCUT2D eigenvalue weighted by Gasteiger charge is 2.39. The van der Waals surface area contributed by atoms with E-state index in [4.69, 9.17) is 14.2 Å². The Labute approximate surface area is 153 Å². The molecule has 2 aliphatic rings. The highest BCUT2D eigenvalue weighted by atomic mass is 16.7. The number of rotatable bonds is 3. The van der Waals surface area contributed by atoms with Crippen molar-refractivity contribution in [2.45, 2.75) is 25.0 Å². The van der Waals surface area contributed by atoms with Crippen molar-refractivity contribution in [2.24, 2.45) is 0 Å². The zero-order valence-corrected chi connectivity index (χ0v) is 14.7. The van der Waals surface area contributed by atoms with Gasteiger partial charge < -0.3 is 19.1 Å². The third-order valence-corrected chi connectivity index (χ3v) is 4.92. The van der Waals surface area contributed by atoms with Crippen molar-refractivity contribution in [3.8, 4) is 11.5 Å². The molecule has 1 spiro atoms. The molecule has 2 heterocycles. The fourth-order valence-electron chi connectivity index (χ4n) is 3.47. The van der Waals surface area contributed by atoms with Gasteiger partial charge in [-0.05, 0) is 30.7 Å². The number of hydrogen-bond donors (Lipinski definition) is 0. The van der Waals surface area contributed by atoms with Gasteiger partial charge in [-0.15, -0.1) is 0 Å². The minimum atomic E-state index is -0.491. The first-order valence-corrected chi connectivity index (χ1v) is 9.15. The van der Waals surface area contributed by atoms with Crippen molar-refractivity contribution in [3.05, 3.63) is 60.2 Å². The van der Waals surface area contributed by atoms with Crippen molar-refractivity contribution in [2.75, 3.05) is 26.3 Å². The minimum Gasteiger partial charge on any atom is -0.457 e. The van der Waals surface area contributed by atoms with E-state index < -0.39 is 5.79 Å². The molecule has 0 atom stereocenters. The van der Waals surface area contributed by atoms with E-state index in [2.05, 4.69) is 0 Å². The number of nitrogens with zero attached hydrogens (tertiary/aromatic N) is 1. The molecule has 1 amide bonds. The maximum Gasteiger partial charge on any atom is 0.257 e. The van der Waals surface area contributed by atoms with E-state index in [0.717, 1.165) is 19.6 Å². The van der Waals surface area contributed by atoms with E-state index in [1.54, 1.807) is 0 Å². The Bertz CT molecular complexity index is 746. The summed E-state index contributed by atoms with van der Waals surface area (Å²) in [5.41, 5.74) is 0.581. The molecule has 0 saturated carbocycles. The molecular formula is C21H23NO4. The highest BCUT2D eigenvalue weighted by molar-refractivity contribution is 5.97. The molecule has 2 aromatic rings. The molecular weight excluding hydrogens is 330 g/mol. The van der Waals surface area contributed by atoms with Crippen molar-refractivity contribution < 1.29 is 19.0 Å². The number of hydrogen-bond acceptors (Lipinski definition) is 4. The fourth-order valence-corrected chi connectivity index (χ4v) is 3.47. The maximum absolute atomic E-state index is 13.0. The molecule has 0 unspecified atom stereocenters. The molecule has 5 heteroatoms. The summed E-state index contributed by atoms with van der Waals surface area (Å²) in [6.45, 7) is 2.72. The number of para-hydroxylation sites is 2. The number of amides is 1. The smallest absolute Gasteiger partial charge is 0.257 e. The molecule has 2 aliphatic heterocycles. The molecule has 26 heavy (non-hydrogen) atoms. The standard InChI is InChI=1S/C21H23NO4/c23-20(22-13-11-21(12-14-22)24-15-6-16-25-21)18-9-4-5-10-19(18)26-17-7-2-1-3-8-17/h1-5,7-10H,6,11-16H2. The maximum atomic E-state index is 13.0. The van der Waals surface area contributed by atoms with Crippen molar-refractivity contribution in [1.29, 1.82) is 0 Å². The lowest BCUT2D eigenvalue weighted by atomic mass is 10.0. The van der Waals surface area contributed by atoms with Gasteiger partial charge in [0.05, 0.1) is 18.8 Å². The van der Waals surface area contributed by atoms with Crippen LogP contribution in [0.15, 0.2) is 54.6 Å². The SMILES string of the molecule is O=C(c1ccccc1Oc1ccccc1)N1CCC2(CC1)OCCCO2. The lowest BCUT2D eigenvalue weighted by molar-refractivity contribution is -0.281. The number of piperidine rings is 1. The average molecular weight is 353 g/mol. The lowest BCUT2D eigenvalue weighted by Crippen LogP contribution is -2.51. The normalized spacial score (nSPS) is 19.3. The summed E-state index contributed by atoms with van der Waals surface area (Å²) in [7, 11) is 0. The van der Waals surface area contributed by atoms with E-state index in [1.807, 2.05) is 59.5 Å². The van der Waals surface area contributed by atoms with Crippen LogP contribution in [0.3, 0.4) is 0 Å². The summed E-state index contributed by atoms with van der Waals surface area (Å²) in [6.07, 6.45) is 2.36. The predicted molar refractivity (Wildman–Crippen MR) is 97.3 cm³/mol. The van der Waals surface area contributed by atoms with Crippen LogP contribution in [0, 0.1) is 0 Å².